The minimum Gasteiger partial charge on any atom is -0.394 e. The molecule has 2 saturated heterocycles. The van der Waals surface area contributed by atoms with Crippen molar-refractivity contribution in [1.29, 1.82) is 0 Å². The number of aliphatic hydroxyl groups is 3. The van der Waals surface area contributed by atoms with Crippen LogP contribution in [-0.2, 0) is 4.74 Å². The molecule has 6 N–H and O–H groups in total. The maximum atomic E-state index is 9.93. The van der Waals surface area contributed by atoms with Gasteiger partial charge in [0, 0.05) is 7.05 Å². The molecule has 19 heavy (non-hydrogen) atoms. The molecule has 2 unspecified atom stereocenters. The van der Waals surface area contributed by atoms with Crippen molar-refractivity contribution in [1.82, 2.24) is 15.2 Å². The van der Waals surface area contributed by atoms with Crippen molar-refractivity contribution in [3.05, 3.63) is 0 Å². The van der Waals surface area contributed by atoms with Gasteiger partial charge in [0.05, 0.1) is 6.61 Å². The summed E-state index contributed by atoms with van der Waals surface area (Å²) >= 11 is 5.14. The maximum absolute atomic E-state index is 9.93. The summed E-state index contributed by atoms with van der Waals surface area (Å²) in [6, 6.07) is 0. The van der Waals surface area contributed by atoms with E-state index in [4.69, 9.17) is 27.9 Å². The normalized spacial score (nSPS) is 37.9. The molecular weight excluding hydrogens is 274 g/mol. The fourth-order valence-corrected chi connectivity index (χ4v) is 2.31. The fraction of sp³-hybridized carbons (Fsp3) is 0.778. The molecule has 2 rings (SSSR count). The van der Waals surface area contributed by atoms with Crippen LogP contribution in [0.1, 0.15) is 0 Å². The van der Waals surface area contributed by atoms with E-state index in [0.717, 1.165) is 0 Å². The summed E-state index contributed by atoms with van der Waals surface area (Å²) in [5.74, 6) is 6.14. The van der Waals surface area contributed by atoms with Crippen LogP contribution in [0.3, 0.4) is 0 Å². The molecule has 0 radical (unpaired) electrons. The zero-order valence-electron chi connectivity index (χ0n) is 10.3. The summed E-state index contributed by atoms with van der Waals surface area (Å²) in [5, 5.41) is 33.1. The van der Waals surface area contributed by atoms with E-state index in [0.29, 0.717) is 5.96 Å². The Hall–Kier alpha value is -1.04. The molecule has 0 aliphatic carbocycles. The number of guanidine groups is 1. The molecule has 0 amide bonds. The highest BCUT2D eigenvalue weighted by atomic mass is 32.1. The Morgan fingerprint density at radius 3 is 2.74 bits per heavy atom. The van der Waals surface area contributed by atoms with Gasteiger partial charge in [-0.1, -0.05) is 0 Å². The first kappa shape index (κ1) is 14.4. The van der Waals surface area contributed by atoms with E-state index in [1.807, 2.05) is 0 Å². The average molecular weight is 291 g/mol. The highest BCUT2D eigenvalue weighted by Crippen LogP contribution is 2.25. The zero-order chi connectivity index (χ0) is 14.2. The van der Waals surface area contributed by atoms with Gasteiger partial charge in [0.25, 0.3) is 0 Å². The van der Waals surface area contributed by atoms with Gasteiger partial charge >= 0.3 is 0 Å². The van der Waals surface area contributed by atoms with E-state index in [1.54, 1.807) is 7.05 Å². The highest BCUT2D eigenvalue weighted by molar-refractivity contribution is 7.80. The summed E-state index contributed by atoms with van der Waals surface area (Å²) < 4.78 is 5.39. The van der Waals surface area contributed by atoms with Gasteiger partial charge < -0.3 is 30.3 Å². The molecule has 0 bridgehead atoms. The van der Waals surface area contributed by atoms with E-state index in [1.165, 1.54) is 9.91 Å². The van der Waals surface area contributed by atoms with E-state index in [-0.39, 0.29) is 11.8 Å². The highest BCUT2D eigenvalue weighted by Gasteiger charge is 2.47. The second-order valence-corrected chi connectivity index (χ2v) is 4.67. The number of ether oxygens (including phenoxy) is 1. The molecule has 2 heterocycles. The van der Waals surface area contributed by atoms with Crippen LogP contribution in [0.25, 0.3) is 0 Å². The van der Waals surface area contributed by atoms with Crippen LogP contribution in [0.2, 0.25) is 0 Å². The Labute approximate surface area is 115 Å². The first-order valence-corrected chi connectivity index (χ1v) is 6.09. The number of rotatable bonds is 2. The Kier molecular flexibility index (Phi) is 4.18. The van der Waals surface area contributed by atoms with Crippen molar-refractivity contribution in [2.45, 2.75) is 24.5 Å². The molecule has 0 aromatic heterocycles. The van der Waals surface area contributed by atoms with Gasteiger partial charge in [0.15, 0.2) is 11.3 Å². The minimum atomic E-state index is -1.19. The Balaban J connectivity index is 2.12. The molecule has 0 saturated carbocycles. The number of aliphatic hydroxyl groups excluding tert-OH is 3. The van der Waals surface area contributed by atoms with Crippen LogP contribution in [-0.4, -0.2) is 81.2 Å². The third-order valence-corrected chi connectivity index (χ3v) is 3.43. The van der Waals surface area contributed by atoms with Gasteiger partial charge in [-0.2, -0.15) is 0 Å². The average Bonchev–Trinajstić information content (AvgIpc) is 2.68. The second-order valence-electron chi connectivity index (χ2n) is 4.29. The van der Waals surface area contributed by atoms with Gasteiger partial charge in [-0.15, -0.1) is 0 Å². The third kappa shape index (κ3) is 2.50. The number of hydrogen-bond donors (Lipinski definition) is 5. The van der Waals surface area contributed by atoms with Gasteiger partial charge in [0.2, 0.25) is 5.96 Å². The Bertz CT molecular complexity index is 395. The van der Waals surface area contributed by atoms with E-state index < -0.39 is 31.1 Å². The van der Waals surface area contributed by atoms with Crippen LogP contribution in [0.5, 0.6) is 0 Å². The number of nitrogens with two attached hydrogens (primary N) is 1. The Morgan fingerprint density at radius 1 is 1.53 bits per heavy atom. The van der Waals surface area contributed by atoms with Gasteiger partial charge in [-0.3, -0.25) is 10.0 Å². The number of hydrogen-bond acceptors (Lipinski definition) is 7. The van der Waals surface area contributed by atoms with Crippen molar-refractivity contribution in [3.8, 4) is 0 Å². The smallest absolute Gasteiger partial charge is 0.216 e. The zero-order valence-corrected chi connectivity index (χ0v) is 11.1. The molecular formula is C9H17N5O4S. The predicted molar refractivity (Wildman–Crippen MR) is 69.6 cm³/mol. The molecule has 9 nitrogen and oxygen atoms in total. The molecule has 4 atom stereocenters. The van der Waals surface area contributed by atoms with Crippen molar-refractivity contribution in [3.63, 3.8) is 0 Å². The molecule has 0 aromatic rings. The fourth-order valence-electron chi connectivity index (χ4n) is 2.05. The van der Waals surface area contributed by atoms with Crippen molar-refractivity contribution < 1.29 is 20.1 Å². The molecule has 108 valence electrons. The van der Waals surface area contributed by atoms with Crippen LogP contribution < -0.4 is 11.2 Å². The lowest BCUT2D eigenvalue weighted by Gasteiger charge is -2.40. The van der Waals surface area contributed by atoms with Crippen LogP contribution >= 0.6 is 12.2 Å². The summed E-state index contributed by atoms with van der Waals surface area (Å²) in [5.41, 5.74) is 0. The van der Waals surface area contributed by atoms with Crippen molar-refractivity contribution in [2.24, 2.45) is 10.8 Å². The van der Waals surface area contributed by atoms with Crippen LogP contribution in [0, 0.1) is 0 Å². The quantitative estimate of drug-likeness (QED) is 0.263. The van der Waals surface area contributed by atoms with Crippen LogP contribution in [0.4, 0.5) is 0 Å². The van der Waals surface area contributed by atoms with Gasteiger partial charge in [-0.25, -0.2) is 5.84 Å². The molecule has 0 aromatic carbocycles. The lowest BCUT2D eigenvalue weighted by molar-refractivity contribution is -0.0816. The minimum absolute atomic E-state index is 0.144. The molecule has 2 aliphatic heterocycles. The molecule has 0 spiro atoms. The maximum Gasteiger partial charge on any atom is 0.216 e. The van der Waals surface area contributed by atoms with Gasteiger partial charge in [0.1, 0.15) is 25.0 Å². The standard InChI is InChI=1S/C9H17N5O4S/c1-11-8-12-9(19)13(3-14(8)10)7-6(17)5(16)4(2-15)18-7/h4-7,15-17H,2-3,10H2,1H3,(H,11,12,19)/t4-,5?,6?,7-/m1/s1. The predicted octanol–water partition coefficient (Wildman–Crippen LogP) is -3.27. The van der Waals surface area contributed by atoms with Crippen LogP contribution in [0.15, 0.2) is 4.99 Å². The molecule has 10 heteroatoms. The monoisotopic (exact) mass is 291 g/mol. The SMILES string of the molecule is CN=C1NC(=S)N([C@@H]2O[C@H](CO)C(O)C2O)CN1N. The van der Waals surface area contributed by atoms with E-state index in [2.05, 4.69) is 10.3 Å². The first-order chi connectivity index (χ1) is 8.99. The van der Waals surface area contributed by atoms with Crippen molar-refractivity contribution in [2.75, 3.05) is 20.3 Å². The van der Waals surface area contributed by atoms with E-state index >= 15 is 0 Å². The molecule has 2 fully saturated rings. The van der Waals surface area contributed by atoms with E-state index in [9.17, 15) is 10.2 Å². The Morgan fingerprint density at radius 2 is 2.21 bits per heavy atom. The topological polar surface area (TPSA) is 127 Å². The summed E-state index contributed by atoms with van der Waals surface area (Å²) in [4.78, 5) is 5.38. The number of nitrogens with zero attached hydrogens (tertiary/aromatic N) is 3. The number of nitrogens with one attached hydrogen (secondary N) is 1. The summed E-state index contributed by atoms with van der Waals surface area (Å²) in [6.45, 7) is -0.248. The van der Waals surface area contributed by atoms with Crippen molar-refractivity contribution >= 4 is 23.3 Å². The number of thiocarbonyl (C=S) groups is 1. The first-order valence-electron chi connectivity index (χ1n) is 5.68. The number of aliphatic imine (C=N–C) groups is 1. The lowest BCUT2D eigenvalue weighted by Crippen LogP contribution is -2.65. The number of hydrazine groups is 1. The second kappa shape index (κ2) is 5.53. The summed E-state index contributed by atoms with van der Waals surface area (Å²) in [7, 11) is 1.56. The summed E-state index contributed by atoms with van der Waals surface area (Å²) in [6.07, 6.45) is -4.09. The lowest BCUT2D eigenvalue weighted by atomic mass is 10.1. The molecule has 2 aliphatic rings. The third-order valence-electron chi connectivity index (χ3n) is 3.09. The largest absolute Gasteiger partial charge is 0.394 e. The van der Waals surface area contributed by atoms with Gasteiger partial charge in [-0.05, 0) is 12.2 Å².